The molecule has 0 aliphatic rings. The van der Waals surface area contributed by atoms with Gasteiger partial charge in [-0.15, -0.1) is 0 Å². The lowest BCUT2D eigenvalue weighted by Gasteiger charge is -2.10. The van der Waals surface area contributed by atoms with E-state index in [0.717, 1.165) is 0 Å². The lowest BCUT2D eigenvalue weighted by molar-refractivity contribution is 0.262. The molecule has 2 amide bonds. The molecule has 178 valence electrons. The van der Waals surface area contributed by atoms with Crippen molar-refractivity contribution >= 4 is 43.0 Å². The van der Waals surface area contributed by atoms with Crippen molar-refractivity contribution in [3.63, 3.8) is 0 Å². The van der Waals surface area contributed by atoms with Crippen molar-refractivity contribution < 1.29 is 21.6 Å². The molecule has 0 bridgehead atoms. The lowest BCUT2D eigenvalue weighted by Crippen LogP contribution is -2.19. The minimum atomic E-state index is -3.85. The van der Waals surface area contributed by atoms with Gasteiger partial charge in [0.1, 0.15) is 0 Å². The Kier molecular flexibility index (Phi) is 6.85. The topological polar surface area (TPSA) is 121 Å². The van der Waals surface area contributed by atoms with Gasteiger partial charge in [0.15, 0.2) is 0 Å². The molecule has 0 unspecified atom stereocenters. The highest BCUT2D eigenvalue weighted by Gasteiger charge is 2.19. The van der Waals surface area contributed by atoms with Gasteiger partial charge in [-0.1, -0.05) is 36.4 Å². The zero-order chi connectivity index (χ0) is 24.9. The summed E-state index contributed by atoms with van der Waals surface area (Å²) in [6, 6.07) is 27.5. The summed E-state index contributed by atoms with van der Waals surface area (Å²) in [6.07, 6.45) is 0. The second-order valence-corrected chi connectivity index (χ2v) is 11.0. The molecule has 0 aliphatic heterocycles. The molecule has 0 saturated carbocycles. The Morgan fingerprint density at radius 1 is 0.486 bits per heavy atom. The molecule has 3 N–H and O–H groups in total. The molecule has 0 fully saturated rings. The summed E-state index contributed by atoms with van der Waals surface area (Å²) < 4.78 is 53.3. The molecule has 8 nitrogen and oxygen atoms in total. The van der Waals surface area contributed by atoms with Gasteiger partial charge in [0.25, 0.3) is 10.0 Å². The molecule has 0 heterocycles. The molecule has 0 aromatic heterocycles. The second-order valence-electron chi connectivity index (χ2n) is 7.42. The zero-order valence-electron chi connectivity index (χ0n) is 18.3. The third-order valence-corrected chi connectivity index (χ3v) is 8.11. The molecule has 35 heavy (non-hydrogen) atoms. The zero-order valence-corrected chi connectivity index (χ0v) is 19.9. The first-order valence-corrected chi connectivity index (χ1v) is 13.4. The van der Waals surface area contributed by atoms with Crippen LogP contribution in [-0.4, -0.2) is 22.9 Å². The summed E-state index contributed by atoms with van der Waals surface area (Å²) in [7, 11) is -7.64. The lowest BCUT2D eigenvalue weighted by atomic mass is 10.3. The first-order chi connectivity index (χ1) is 16.7. The van der Waals surface area contributed by atoms with Crippen LogP contribution in [0.15, 0.2) is 124 Å². The van der Waals surface area contributed by atoms with Crippen LogP contribution < -0.4 is 15.4 Å². The Bertz CT molecular complexity index is 1520. The summed E-state index contributed by atoms with van der Waals surface area (Å²) in [5.74, 6) is 0. The maximum Gasteiger partial charge on any atom is 0.323 e. The Morgan fingerprint density at radius 3 is 1.43 bits per heavy atom. The van der Waals surface area contributed by atoms with E-state index in [4.69, 9.17) is 0 Å². The van der Waals surface area contributed by atoms with E-state index in [0.29, 0.717) is 11.4 Å². The minimum absolute atomic E-state index is 0.00249. The molecule has 0 aliphatic carbocycles. The van der Waals surface area contributed by atoms with Crippen molar-refractivity contribution in [3.05, 3.63) is 109 Å². The number of carbonyl (C=O) groups is 1. The average Bonchev–Trinajstić information content (AvgIpc) is 2.85. The standard InChI is InChI=1S/C25H21N3O5S2/c29-25(26-19-7-3-1-4-8-19)27-20-11-15-22(16-12-20)34(30,31)23-17-13-21(14-18-23)28-35(32,33)24-9-5-2-6-10-24/h1-18,28H,(H2,26,27,29). The van der Waals surface area contributed by atoms with E-state index in [-0.39, 0.29) is 20.4 Å². The highest BCUT2D eigenvalue weighted by atomic mass is 32.2. The Labute approximate surface area is 203 Å². The number of rotatable bonds is 7. The predicted octanol–water partition coefficient (Wildman–Crippen LogP) is 4.96. The van der Waals surface area contributed by atoms with Crippen LogP contribution >= 0.6 is 0 Å². The molecule has 0 atom stereocenters. The average molecular weight is 508 g/mol. The van der Waals surface area contributed by atoms with E-state index in [1.807, 2.05) is 6.07 Å². The summed E-state index contributed by atoms with van der Waals surface area (Å²) in [4.78, 5) is 12.3. The summed E-state index contributed by atoms with van der Waals surface area (Å²) in [5, 5.41) is 5.32. The van der Waals surface area contributed by atoms with E-state index >= 15 is 0 Å². The van der Waals surface area contributed by atoms with E-state index in [9.17, 15) is 21.6 Å². The molecular formula is C25H21N3O5S2. The molecular weight excluding hydrogens is 486 g/mol. The van der Waals surface area contributed by atoms with Crippen molar-refractivity contribution in [1.29, 1.82) is 0 Å². The smallest absolute Gasteiger partial charge is 0.308 e. The van der Waals surface area contributed by atoms with Crippen LogP contribution in [0.1, 0.15) is 0 Å². The van der Waals surface area contributed by atoms with Crippen molar-refractivity contribution in [2.75, 3.05) is 15.4 Å². The summed E-state index contributed by atoms with van der Waals surface area (Å²) in [6.45, 7) is 0. The normalized spacial score (nSPS) is 11.4. The fourth-order valence-electron chi connectivity index (χ4n) is 3.18. The van der Waals surface area contributed by atoms with Crippen molar-refractivity contribution in [3.8, 4) is 0 Å². The fraction of sp³-hybridized carbons (Fsp3) is 0. The highest BCUT2D eigenvalue weighted by molar-refractivity contribution is 7.92. The molecule has 10 heteroatoms. The van der Waals surface area contributed by atoms with Gasteiger partial charge in [-0.05, 0) is 72.8 Å². The number of hydrogen-bond donors (Lipinski definition) is 3. The molecule has 4 rings (SSSR count). The van der Waals surface area contributed by atoms with E-state index in [1.54, 1.807) is 42.5 Å². The highest BCUT2D eigenvalue weighted by Crippen LogP contribution is 2.25. The molecule has 4 aromatic carbocycles. The van der Waals surface area contributed by atoms with Gasteiger partial charge in [0.05, 0.1) is 14.7 Å². The van der Waals surface area contributed by atoms with Crippen molar-refractivity contribution in [2.45, 2.75) is 14.7 Å². The van der Waals surface area contributed by atoms with Gasteiger partial charge >= 0.3 is 6.03 Å². The number of anilines is 3. The van der Waals surface area contributed by atoms with Crippen LogP contribution in [-0.2, 0) is 19.9 Å². The number of sulfonamides is 1. The van der Waals surface area contributed by atoms with Gasteiger partial charge in [0, 0.05) is 17.1 Å². The number of urea groups is 1. The second kappa shape index (κ2) is 10.00. The number of hydrogen-bond acceptors (Lipinski definition) is 5. The van der Waals surface area contributed by atoms with E-state index in [2.05, 4.69) is 15.4 Å². The summed E-state index contributed by atoms with van der Waals surface area (Å²) >= 11 is 0. The van der Waals surface area contributed by atoms with Gasteiger partial charge in [-0.3, -0.25) is 4.72 Å². The molecule has 4 aromatic rings. The number of para-hydroxylation sites is 1. The number of benzene rings is 4. The third kappa shape index (κ3) is 5.86. The maximum atomic E-state index is 13.0. The SMILES string of the molecule is O=C(Nc1ccccc1)Nc1ccc(S(=O)(=O)c2ccc(NS(=O)(=O)c3ccccc3)cc2)cc1. The first-order valence-electron chi connectivity index (χ1n) is 10.4. The van der Waals surface area contributed by atoms with Crippen molar-refractivity contribution in [2.24, 2.45) is 0 Å². The Morgan fingerprint density at radius 2 is 0.914 bits per heavy atom. The van der Waals surface area contributed by atoms with Crippen LogP contribution in [0.5, 0.6) is 0 Å². The first kappa shape index (κ1) is 24.0. The Balaban J connectivity index is 1.44. The van der Waals surface area contributed by atoms with Crippen molar-refractivity contribution in [1.82, 2.24) is 0 Å². The van der Waals surface area contributed by atoms with Gasteiger partial charge < -0.3 is 10.6 Å². The monoisotopic (exact) mass is 507 g/mol. The fourth-order valence-corrected chi connectivity index (χ4v) is 5.52. The number of amides is 2. The minimum Gasteiger partial charge on any atom is -0.308 e. The molecule has 0 spiro atoms. The van der Waals surface area contributed by atoms with Crippen LogP contribution in [0.2, 0.25) is 0 Å². The molecule has 0 saturated heterocycles. The summed E-state index contributed by atoms with van der Waals surface area (Å²) in [5.41, 5.74) is 1.28. The Hall–Kier alpha value is -4.15. The quantitative estimate of drug-likeness (QED) is 0.326. The number of sulfone groups is 1. The predicted molar refractivity (Wildman–Crippen MR) is 135 cm³/mol. The third-order valence-electron chi connectivity index (χ3n) is 4.92. The van der Waals surface area contributed by atoms with Crippen LogP contribution in [0.3, 0.4) is 0 Å². The number of carbonyl (C=O) groups excluding carboxylic acids is 1. The van der Waals surface area contributed by atoms with Crippen LogP contribution in [0.25, 0.3) is 0 Å². The van der Waals surface area contributed by atoms with E-state index in [1.165, 1.54) is 60.7 Å². The largest absolute Gasteiger partial charge is 0.323 e. The number of nitrogens with one attached hydrogen (secondary N) is 3. The van der Waals surface area contributed by atoms with Gasteiger partial charge in [-0.25, -0.2) is 21.6 Å². The maximum absolute atomic E-state index is 13.0. The molecule has 0 radical (unpaired) electrons. The van der Waals surface area contributed by atoms with Gasteiger partial charge in [0.2, 0.25) is 9.84 Å². The van der Waals surface area contributed by atoms with Crippen LogP contribution in [0, 0.1) is 0 Å². The van der Waals surface area contributed by atoms with Crippen LogP contribution in [0.4, 0.5) is 21.9 Å². The van der Waals surface area contributed by atoms with Gasteiger partial charge in [-0.2, -0.15) is 0 Å². The van der Waals surface area contributed by atoms with E-state index < -0.39 is 25.9 Å².